The molecule has 2 aromatic carbocycles. The average Bonchev–Trinajstić information content (AvgIpc) is 3.08. The van der Waals surface area contributed by atoms with E-state index in [1.807, 2.05) is 0 Å². The molecule has 9 heteroatoms. The third-order valence-electron chi connectivity index (χ3n) is 4.03. The maximum Gasteiger partial charge on any atom is 0.416 e. The summed E-state index contributed by atoms with van der Waals surface area (Å²) in [5, 5.41) is 5.76. The second-order valence-electron chi connectivity index (χ2n) is 6.32. The molecule has 6 nitrogen and oxygen atoms in total. The molecular formula is C19H17F3N4O2. The number of carbonyl (C=O) groups excluding carboxylic acids is 2. The van der Waals surface area contributed by atoms with E-state index in [1.54, 1.807) is 38.5 Å². The summed E-state index contributed by atoms with van der Waals surface area (Å²) in [5.74, 6) is -0.226. The van der Waals surface area contributed by atoms with Crippen molar-refractivity contribution in [2.45, 2.75) is 6.18 Å². The van der Waals surface area contributed by atoms with Gasteiger partial charge in [0.2, 0.25) is 0 Å². The Morgan fingerprint density at radius 3 is 2.21 bits per heavy atom. The van der Waals surface area contributed by atoms with Gasteiger partial charge in [0.25, 0.3) is 5.91 Å². The van der Waals surface area contributed by atoms with E-state index in [4.69, 9.17) is 0 Å². The van der Waals surface area contributed by atoms with E-state index in [0.717, 1.165) is 24.3 Å². The lowest BCUT2D eigenvalue weighted by Gasteiger charge is -2.14. The molecular weight excluding hydrogens is 373 g/mol. The number of amides is 3. The highest BCUT2D eigenvalue weighted by molar-refractivity contribution is 6.09. The van der Waals surface area contributed by atoms with Gasteiger partial charge in [-0.15, -0.1) is 0 Å². The lowest BCUT2D eigenvalue weighted by atomic mass is 10.1. The Labute approximate surface area is 158 Å². The molecule has 0 bridgehead atoms. The second-order valence-corrected chi connectivity index (χ2v) is 6.32. The number of aromatic nitrogens is 1. The SMILES string of the molecule is CN(C)C(=O)c1cc(NC(=O)Nc2ccc(C(F)(F)F)cc2)cc2[nH]ccc12. The van der Waals surface area contributed by atoms with Gasteiger partial charge >= 0.3 is 12.2 Å². The highest BCUT2D eigenvalue weighted by Crippen LogP contribution is 2.30. The lowest BCUT2D eigenvalue weighted by molar-refractivity contribution is -0.137. The molecule has 0 fully saturated rings. The topological polar surface area (TPSA) is 77.2 Å². The van der Waals surface area contributed by atoms with Gasteiger partial charge in [0.05, 0.1) is 11.1 Å². The van der Waals surface area contributed by atoms with Crippen molar-refractivity contribution in [1.29, 1.82) is 0 Å². The largest absolute Gasteiger partial charge is 0.416 e. The lowest BCUT2D eigenvalue weighted by Crippen LogP contribution is -2.23. The molecule has 0 aliphatic rings. The van der Waals surface area contributed by atoms with Gasteiger partial charge < -0.3 is 20.5 Å². The first-order valence-corrected chi connectivity index (χ1v) is 8.23. The Kier molecular flexibility index (Phi) is 5.00. The molecule has 3 amide bonds. The molecule has 0 saturated carbocycles. The van der Waals surface area contributed by atoms with Gasteiger partial charge in [0.15, 0.2) is 0 Å². The van der Waals surface area contributed by atoms with Crippen molar-refractivity contribution < 1.29 is 22.8 Å². The van der Waals surface area contributed by atoms with Gasteiger partial charge in [0, 0.05) is 42.6 Å². The third-order valence-corrected chi connectivity index (χ3v) is 4.03. The summed E-state index contributed by atoms with van der Waals surface area (Å²) >= 11 is 0. The molecule has 0 unspecified atom stereocenters. The van der Waals surface area contributed by atoms with E-state index >= 15 is 0 Å². The molecule has 3 aromatic rings. The van der Waals surface area contributed by atoms with E-state index in [2.05, 4.69) is 15.6 Å². The van der Waals surface area contributed by atoms with E-state index in [9.17, 15) is 22.8 Å². The summed E-state index contributed by atoms with van der Waals surface area (Å²) < 4.78 is 37.8. The van der Waals surface area contributed by atoms with Gasteiger partial charge in [-0.25, -0.2) is 4.79 Å². The number of nitrogens with zero attached hydrogens (tertiary/aromatic N) is 1. The van der Waals surface area contributed by atoms with E-state index in [0.29, 0.717) is 22.2 Å². The molecule has 0 radical (unpaired) electrons. The van der Waals surface area contributed by atoms with Crippen LogP contribution < -0.4 is 10.6 Å². The molecule has 0 spiro atoms. The van der Waals surface area contributed by atoms with Crippen LogP contribution in [-0.4, -0.2) is 35.9 Å². The highest BCUT2D eigenvalue weighted by Gasteiger charge is 2.30. The summed E-state index contributed by atoms with van der Waals surface area (Å²) in [6.45, 7) is 0. The molecule has 3 N–H and O–H groups in total. The minimum Gasteiger partial charge on any atom is -0.361 e. The van der Waals surface area contributed by atoms with Crippen molar-refractivity contribution in [3.8, 4) is 0 Å². The van der Waals surface area contributed by atoms with Crippen molar-refractivity contribution >= 4 is 34.2 Å². The number of H-pyrrole nitrogens is 1. The predicted octanol–water partition coefficient (Wildman–Crippen LogP) is 4.53. The van der Waals surface area contributed by atoms with E-state index < -0.39 is 17.8 Å². The van der Waals surface area contributed by atoms with Gasteiger partial charge in [-0.3, -0.25) is 4.79 Å². The quantitative estimate of drug-likeness (QED) is 0.614. The van der Waals surface area contributed by atoms with Crippen LogP contribution in [0.3, 0.4) is 0 Å². The maximum absolute atomic E-state index is 12.6. The van der Waals surface area contributed by atoms with E-state index in [1.165, 1.54) is 4.90 Å². The van der Waals surface area contributed by atoms with Crippen LogP contribution in [0.25, 0.3) is 10.9 Å². The number of alkyl halides is 3. The number of urea groups is 1. The maximum atomic E-state index is 12.6. The molecule has 0 aliphatic heterocycles. The first kappa shape index (κ1) is 19.3. The van der Waals surface area contributed by atoms with E-state index in [-0.39, 0.29) is 11.6 Å². The van der Waals surface area contributed by atoms with Crippen molar-refractivity contribution in [3.05, 3.63) is 59.8 Å². The molecule has 28 heavy (non-hydrogen) atoms. The van der Waals surface area contributed by atoms with Crippen molar-refractivity contribution in [2.24, 2.45) is 0 Å². The predicted molar refractivity (Wildman–Crippen MR) is 100 cm³/mol. The fourth-order valence-electron chi connectivity index (χ4n) is 2.69. The fourth-order valence-corrected chi connectivity index (χ4v) is 2.69. The molecule has 0 saturated heterocycles. The Balaban J connectivity index is 1.78. The zero-order chi connectivity index (χ0) is 20.5. The summed E-state index contributed by atoms with van der Waals surface area (Å²) in [4.78, 5) is 29.0. The summed E-state index contributed by atoms with van der Waals surface area (Å²) in [5.41, 5.74) is 0.842. The van der Waals surface area contributed by atoms with Crippen molar-refractivity contribution in [3.63, 3.8) is 0 Å². The molecule has 146 valence electrons. The van der Waals surface area contributed by atoms with Crippen molar-refractivity contribution in [1.82, 2.24) is 9.88 Å². The number of nitrogens with one attached hydrogen (secondary N) is 3. The summed E-state index contributed by atoms with van der Waals surface area (Å²) in [6, 6.07) is 8.42. The van der Waals surface area contributed by atoms with Crippen LogP contribution in [0.15, 0.2) is 48.7 Å². The van der Waals surface area contributed by atoms with Crippen LogP contribution in [0.2, 0.25) is 0 Å². The Bertz CT molecular complexity index is 1020. The normalized spacial score (nSPS) is 11.3. The standard InChI is InChI=1S/C19H17F3N4O2/c1-26(2)17(27)15-9-13(10-16-14(15)7-8-23-16)25-18(28)24-12-5-3-11(4-6-12)19(20,21)22/h3-10,23H,1-2H3,(H2,24,25,28). The summed E-state index contributed by atoms with van der Waals surface area (Å²) in [6.07, 6.45) is -2.76. The van der Waals surface area contributed by atoms with Crippen LogP contribution in [0.5, 0.6) is 0 Å². The number of benzene rings is 2. The first-order valence-electron chi connectivity index (χ1n) is 8.23. The molecule has 0 atom stereocenters. The minimum atomic E-state index is -4.44. The van der Waals surface area contributed by atoms with Crippen LogP contribution in [0, 0.1) is 0 Å². The molecule has 1 aromatic heterocycles. The third kappa shape index (κ3) is 4.08. The number of carbonyl (C=O) groups is 2. The zero-order valence-electron chi connectivity index (χ0n) is 15.0. The molecule has 3 rings (SSSR count). The van der Waals surface area contributed by atoms with Gasteiger partial charge in [-0.2, -0.15) is 13.2 Å². The number of aromatic amines is 1. The summed E-state index contributed by atoms with van der Waals surface area (Å²) in [7, 11) is 3.25. The Morgan fingerprint density at radius 1 is 0.964 bits per heavy atom. The number of hydrogen-bond donors (Lipinski definition) is 3. The molecule has 1 heterocycles. The zero-order valence-corrected chi connectivity index (χ0v) is 15.0. The Morgan fingerprint density at radius 2 is 1.61 bits per heavy atom. The Hall–Kier alpha value is -3.49. The fraction of sp³-hybridized carbons (Fsp3) is 0.158. The first-order chi connectivity index (χ1) is 13.1. The highest BCUT2D eigenvalue weighted by atomic mass is 19.4. The van der Waals surface area contributed by atoms with Crippen LogP contribution in [-0.2, 0) is 6.18 Å². The van der Waals surface area contributed by atoms with Gasteiger partial charge in [-0.1, -0.05) is 0 Å². The van der Waals surface area contributed by atoms with Crippen LogP contribution in [0.4, 0.5) is 29.3 Å². The monoisotopic (exact) mass is 390 g/mol. The molecule has 0 aliphatic carbocycles. The minimum absolute atomic E-state index is 0.205. The number of anilines is 2. The van der Waals surface area contributed by atoms with Crippen LogP contribution in [0.1, 0.15) is 15.9 Å². The van der Waals surface area contributed by atoms with Crippen LogP contribution >= 0.6 is 0 Å². The average molecular weight is 390 g/mol. The second kappa shape index (κ2) is 7.26. The smallest absolute Gasteiger partial charge is 0.361 e. The number of rotatable bonds is 3. The van der Waals surface area contributed by atoms with Gasteiger partial charge in [-0.05, 0) is 42.5 Å². The van der Waals surface area contributed by atoms with Crippen molar-refractivity contribution in [2.75, 3.05) is 24.7 Å². The number of fused-ring (bicyclic) bond motifs is 1. The number of halogens is 3. The van der Waals surface area contributed by atoms with Gasteiger partial charge in [0.1, 0.15) is 0 Å². The number of hydrogen-bond acceptors (Lipinski definition) is 2.